The van der Waals surface area contributed by atoms with Crippen molar-refractivity contribution in [2.24, 2.45) is 10.9 Å². The van der Waals surface area contributed by atoms with Gasteiger partial charge in [-0.1, -0.05) is 29.8 Å². The number of hydrogen-bond donors (Lipinski definition) is 1. The van der Waals surface area contributed by atoms with Crippen LogP contribution >= 0.6 is 0 Å². The van der Waals surface area contributed by atoms with E-state index in [9.17, 15) is 9.59 Å². The number of amides is 2. The van der Waals surface area contributed by atoms with Crippen LogP contribution < -0.4 is 10.2 Å². The van der Waals surface area contributed by atoms with Gasteiger partial charge in [-0.2, -0.15) is 0 Å². The van der Waals surface area contributed by atoms with Crippen molar-refractivity contribution >= 4 is 23.2 Å². The molecule has 1 N–H and O–H groups in total. The molecule has 5 rings (SSSR count). The third-order valence-corrected chi connectivity index (χ3v) is 8.82. The van der Waals surface area contributed by atoms with E-state index in [4.69, 9.17) is 9.47 Å². The summed E-state index contributed by atoms with van der Waals surface area (Å²) in [5, 5.41) is 2.86. The summed E-state index contributed by atoms with van der Waals surface area (Å²) in [7, 11) is 0. The SMILES string of the molecule is CCN(c1cc(-c2ccc(CN3CCOCC3)cc2)c(F)c(C(=O)NCC2C(=O)N=C(C)C=C2C)c1C)C1CCOCC1. The second-order valence-corrected chi connectivity index (χ2v) is 11.7. The second-order valence-electron chi connectivity index (χ2n) is 11.7. The molecule has 2 aromatic rings. The number of hydrogen-bond acceptors (Lipinski definition) is 6. The molecule has 0 spiro atoms. The highest BCUT2D eigenvalue weighted by Gasteiger charge is 2.30. The van der Waals surface area contributed by atoms with Crippen LogP contribution in [-0.2, 0) is 20.8 Å². The van der Waals surface area contributed by atoms with E-state index in [0.717, 1.165) is 62.5 Å². The molecular weight excluding hydrogens is 547 g/mol. The fraction of sp³-hybridized carbons (Fsp3) is 0.500. The van der Waals surface area contributed by atoms with E-state index in [1.807, 2.05) is 50.3 Å². The summed E-state index contributed by atoms with van der Waals surface area (Å²) in [6.07, 6.45) is 3.58. The topological polar surface area (TPSA) is 83.5 Å². The number of nitrogens with one attached hydrogen (secondary N) is 1. The number of ether oxygens (including phenoxy) is 2. The van der Waals surface area contributed by atoms with Crippen LogP contribution in [-0.4, -0.2) is 81.1 Å². The lowest BCUT2D eigenvalue weighted by Gasteiger charge is -2.37. The van der Waals surface area contributed by atoms with Crippen molar-refractivity contribution in [3.8, 4) is 11.1 Å². The number of aliphatic imine (C=N–C) groups is 1. The largest absolute Gasteiger partial charge is 0.381 e. The molecule has 2 fully saturated rings. The molecular formula is C34H43FN4O4. The summed E-state index contributed by atoms with van der Waals surface area (Å²) in [6, 6.07) is 10.1. The number of nitrogens with zero attached hydrogens (tertiary/aromatic N) is 3. The molecule has 3 aliphatic heterocycles. The van der Waals surface area contributed by atoms with Gasteiger partial charge in [-0.15, -0.1) is 0 Å². The number of halogens is 1. The van der Waals surface area contributed by atoms with Gasteiger partial charge in [0, 0.05) is 68.9 Å². The molecule has 1 atom stereocenters. The number of dihydropyridines is 1. The molecule has 0 saturated carbocycles. The molecule has 0 aliphatic carbocycles. The number of benzene rings is 2. The van der Waals surface area contributed by atoms with Gasteiger partial charge in [-0.3, -0.25) is 14.5 Å². The van der Waals surface area contributed by atoms with Gasteiger partial charge >= 0.3 is 0 Å². The van der Waals surface area contributed by atoms with Crippen LogP contribution in [0.25, 0.3) is 11.1 Å². The first-order valence-corrected chi connectivity index (χ1v) is 15.4. The molecule has 0 radical (unpaired) electrons. The minimum Gasteiger partial charge on any atom is -0.381 e. The van der Waals surface area contributed by atoms with Gasteiger partial charge < -0.3 is 19.7 Å². The van der Waals surface area contributed by atoms with Gasteiger partial charge in [-0.05, 0) is 69.4 Å². The van der Waals surface area contributed by atoms with Crippen LogP contribution in [0.2, 0.25) is 0 Å². The van der Waals surface area contributed by atoms with Crippen molar-refractivity contribution in [1.29, 1.82) is 0 Å². The van der Waals surface area contributed by atoms with E-state index in [1.165, 1.54) is 0 Å². The minimum atomic E-state index is -0.563. The Balaban J connectivity index is 1.48. The highest BCUT2D eigenvalue weighted by atomic mass is 19.1. The quantitative estimate of drug-likeness (QED) is 0.446. The second kappa shape index (κ2) is 13.9. The number of anilines is 1. The standard InChI is InChI=1S/C34H43FN4O4/c1-5-39(27-10-14-42-15-11-27)30-19-28(26-8-6-25(7-9-26)21-38-12-16-43-17-13-38)32(35)31(24(30)4)34(41)36-20-29-22(2)18-23(3)37-33(29)40/h6-9,18-19,27,29H,5,10-17,20-21H2,1-4H3,(H,36,41). The van der Waals surface area contributed by atoms with Crippen LogP contribution in [0.4, 0.5) is 10.1 Å². The third-order valence-electron chi connectivity index (χ3n) is 8.82. The highest BCUT2D eigenvalue weighted by molar-refractivity contribution is 6.06. The Morgan fingerprint density at radius 3 is 2.40 bits per heavy atom. The molecule has 9 heteroatoms. The Kier molecular flexibility index (Phi) is 10.1. The number of carbonyl (C=O) groups excluding carboxylic acids is 2. The van der Waals surface area contributed by atoms with E-state index in [0.29, 0.717) is 42.2 Å². The summed E-state index contributed by atoms with van der Waals surface area (Å²) >= 11 is 0. The zero-order valence-electron chi connectivity index (χ0n) is 25.7. The van der Waals surface area contributed by atoms with Gasteiger partial charge in [0.2, 0.25) is 0 Å². The third kappa shape index (κ3) is 7.06. The fourth-order valence-electron chi connectivity index (χ4n) is 6.38. The number of allylic oxidation sites excluding steroid dienone is 1. The van der Waals surface area contributed by atoms with Gasteiger partial charge in [0.15, 0.2) is 0 Å². The smallest absolute Gasteiger partial charge is 0.254 e. The molecule has 2 aromatic carbocycles. The molecule has 0 aromatic heterocycles. The van der Waals surface area contributed by atoms with Gasteiger partial charge in [-0.25, -0.2) is 9.38 Å². The Morgan fingerprint density at radius 1 is 1.07 bits per heavy atom. The molecule has 230 valence electrons. The van der Waals surface area contributed by atoms with Crippen molar-refractivity contribution in [3.05, 3.63) is 64.5 Å². The van der Waals surface area contributed by atoms with Crippen molar-refractivity contribution < 1.29 is 23.5 Å². The van der Waals surface area contributed by atoms with Crippen LogP contribution in [0.15, 0.2) is 47.0 Å². The van der Waals surface area contributed by atoms with Crippen LogP contribution in [0.5, 0.6) is 0 Å². The predicted octanol–water partition coefficient (Wildman–Crippen LogP) is 4.93. The van der Waals surface area contributed by atoms with Crippen molar-refractivity contribution in [2.75, 3.05) is 57.5 Å². The first-order chi connectivity index (χ1) is 20.8. The van der Waals surface area contributed by atoms with Crippen LogP contribution in [0.3, 0.4) is 0 Å². The first kappa shape index (κ1) is 31.0. The van der Waals surface area contributed by atoms with E-state index in [1.54, 1.807) is 6.92 Å². The monoisotopic (exact) mass is 590 g/mol. The van der Waals surface area contributed by atoms with Crippen molar-refractivity contribution in [2.45, 2.75) is 53.1 Å². The lowest BCUT2D eigenvalue weighted by atomic mass is 9.93. The first-order valence-electron chi connectivity index (χ1n) is 15.4. The molecule has 3 aliphatic rings. The molecule has 8 nitrogen and oxygen atoms in total. The maximum Gasteiger partial charge on any atom is 0.254 e. The zero-order valence-corrected chi connectivity index (χ0v) is 25.7. The van der Waals surface area contributed by atoms with E-state index >= 15 is 4.39 Å². The normalized spacial score (nSPS) is 20.0. The highest BCUT2D eigenvalue weighted by Crippen LogP contribution is 2.36. The van der Waals surface area contributed by atoms with E-state index in [-0.39, 0.29) is 24.1 Å². The number of carbonyl (C=O) groups is 2. The van der Waals surface area contributed by atoms with Crippen molar-refractivity contribution in [1.82, 2.24) is 10.2 Å². The van der Waals surface area contributed by atoms with Gasteiger partial charge in [0.1, 0.15) is 5.82 Å². The Labute approximate surface area is 253 Å². The van der Waals surface area contributed by atoms with E-state index < -0.39 is 17.6 Å². The summed E-state index contributed by atoms with van der Waals surface area (Å²) in [5.74, 6) is -1.94. The summed E-state index contributed by atoms with van der Waals surface area (Å²) in [4.78, 5) is 35.0. The van der Waals surface area contributed by atoms with Crippen LogP contribution in [0.1, 0.15) is 55.1 Å². The van der Waals surface area contributed by atoms with Gasteiger partial charge in [0.25, 0.3) is 11.8 Å². The molecule has 2 saturated heterocycles. The summed E-state index contributed by atoms with van der Waals surface area (Å²) in [5.41, 5.74) is 5.18. The fourth-order valence-corrected chi connectivity index (χ4v) is 6.38. The van der Waals surface area contributed by atoms with Crippen molar-refractivity contribution in [3.63, 3.8) is 0 Å². The van der Waals surface area contributed by atoms with Crippen LogP contribution in [0, 0.1) is 18.7 Å². The van der Waals surface area contributed by atoms with E-state index in [2.05, 4.69) is 27.0 Å². The number of rotatable bonds is 9. The summed E-state index contributed by atoms with van der Waals surface area (Å²) < 4.78 is 27.6. The Bertz CT molecular complexity index is 1390. The average Bonchev–Trinajstić information content (AvgIpc) is 3.00. The lowest BCUT2D eigenvalue weighted by Crippen LogP contribution is -2.40. The molecule has 3 heterocycles. The molecule has 0 bridgehead atoms. The lowest BCUT2D eigenvalue weighted by molar-refractivity contribution is -0.120. The summed E-state index contributed by atoms with van der Waals surface area (Å²) in [6.45, 7) is 13.7. The molecule has 2 amide bonds. The Hall–Kier alpha value is -3.40. The maximum absolute atomic E-state index is 16.5. The number of morpholine rings is 1. The van der Waals surface area contributed by atoms with Gasteiger partial charge in [0.05, 0.1) is 24.7 Å². The average molecular weight is 591 g/mol. The molecule has 1 unspecified atom stereocenters. The minimum absolute atomic E-state index is 0.0139. The molecule has 43 heavy (non-hydrogen) atoms. The predicted molar refractivity (Wildman–Crippen MR) is 167 cm³/mol. The zero-order chi connectivity index (χ0) is 30.5. The maximum atomic E-state index is 16.5. The Morgan fingerprint density at radius 2 is 1.74 bits per heavy atom.